The average Bonchev–Trinajstić information content (AvgIpc) is 2.71. The van der Waals surface area contributed by atoms with Gasteiger partial charge in [-0.15, -0.1) is 0 Å². The van der Waals surface area contributed by atoms with E-state index < -0.39 is 20.0 Å². The minimum atomic E-state index is -3.79. The molecule has 9 heteroatoms. The molecule has 0 bridgehead atoms. The molecule has 0 aromatic heterocycles. The molecule has 3 aromatic rings. The van der Waals surface area contributed by atoms with E-state index in [4.69, 9.17) is 11.6 Å². The molecule has 6 nitrogen and oxygen atoms in total. The summed E-state index contributed by atoms with van der Waals surface area (Å²) in [5, 5.41) is 0.468. The molecular weight excluding hydrogens is 468 g/mol. The SMILES string of the molecule is CC(C)CN(c1cccc(Cl)c1)S(=O)(=O)c1ccc(-c2ccc(NS(C)(=O)=O)cc2)cc1. The molecule has 0 radical (unpaired) electrons. The number of rotatable bonds is 8. The number of halogens is 1. The number of hydrogen-bond acceptors (Lipinski definition) is 4. The lowest BCUT2D eigenvalue weighted by Gasteiger charge is -2.26. The highest BCUT2D eigenvalue weighted by Gasteiger charge is 2.26. The van der Waals surface area contributed by atoms with Crippen LogP contribution in [0.4, 0.5) is 11.4 Å². The molecule has 3 aromatic carbocycles. The molecule has 0 aliphatic carbocycles. The zero-order chi connectivity index (χ0) is 23.5. The standard InChI is InChI=1S/C23H25ClN2O4S2/c1-17(2)16-26(22-6-4-5-20(24)15-22)32(29,30)23-13-9-19(10-14-23)18-7-11-21(12-8-18)25-31(3,27)28/h4-15,17,25H,16H2,1-3H3. The monoisotopic (exact) mass is 492 g/mol. The van der Waals surface area contributed by atoms with E-state index in [0.29, 0.717) is 22.9 Å². The van der Waals surface area contributed by atoms with Gasteiger partial charge in [-0.25, -0.2) is 16.8 Å². The first-order valence-corrected chi connectivity index (χ1v) is 13.6. The van der Waals surface area contributed by atoms with Crippen molar-refractivity contribution in [1.82, 2.24) is 0 Å². The topological polar surface area (TPSA) is 83.6 Å². The van der Waals surface area contributed by atoms with E-state index in [1.807, 2.05) is 13.8 Å². The summed E-state index contributed by atoms with van der Waals surface area (Å²) in [4.78, 5) is 0.178. The third kappa shape index (κ3) is 6.03. The van der Waals surface area contributed by atoms with Crippen LogP contribution in [0.1, 0.15) is 13.8 Å². The van der Waals surface area contributed by atoms with Crippen molar-refractivity contribution in [2.75, 3.05) is 21.8 Å². The Kier molecular flexibility index (Phi) is 7.17. The first-order valence-electron chi connectivity index (χ1n) is 9.92. The molecule has 3 rings (SSSR count). The molecule has 32 heavy (non-hydrogen) atoms. The van der Waals surface area contributed by atoms with Crippen molar-refractivity contribution in [2.45, 2.75) is 18.7 Å². The predicted octanol–water partition coefficient (Wildman–Crippen LogP) is 5.23. The Morgan fingerprint density at radius 2 is 1.44 bits per heavy atom. The highest BCUT2D eigenvalue weighted by Crippen LogP contribution is 2.29. The number of hydrogen-bond donors (Lipinski definition) is 1. The normalized spacial score (nSPS) is 12.0. The van der Waals surface area contributed by atoms with Gasteiger partial charge in [-0.1, -0.05) is 55.8 Å². The van der Waals surface area contributed by atoms with Crippen LogP contribution >= 0.6 is 11.6 Å². The lowest BCUT2D eigenvalue weighted by Crippen LogP contribution is -2.34. The van der Waals surface area contributed by atoms with E-state index in [1.54, 1.807) is 72.8 Å². The van der Waals surface area contributed by atoms with Crippen LogP contribution in [0.15, 0.2) is 77.7 Å². The van der Waals surface area contributed by atoms with Crippen LogP contribution in [0.2, 0.25) is 5.02 Å². The molecule has 0 spiro atoms. The Balaban J connectivity index is 1.90. The fourth-order valence-corrected chi connectivity index (χ4v) is 5.57. The fraction of sp³-hybridized carbons (Fsp3) is 0.217. The minimum absolute atomic E-state index is 0.113. The van der Waals surface area contributed by atoms with Gasteiger partial charge in [0.15, 0.2) is 0 Å². The summed E-state index contributed by atoms with van der Waals surface area (Å²) in [6.07, 6.45) is 1.09. The van der Waals surface area contributed by atoms with Crippen molar-refractivity contribution in [3.05, 3.63) is 77.8 Å². The first-order chi connectivity index (χ1) is 15.0. The largest absolute Gasteiger partial charge is 0.284 e. The van der Waals surface area contributed by atoms with Crippen LogP contribution in [0.25, 0.3) is 11.1 Å². The van der Waals surface area contributed by atoms with Gasteiger partial charge < -0.3 is 0 Å². The maximum Gasteiger partial charge on any atom is 0.264 e. The minimum Gasteiger partial charge on any atom is -0.284 e. The van der Waals surface area contributed by atoms with Crippen LogP contribution < -0.4 is 9.03 Å². The molecule has 1 N–H and O–H groups in total. The van der Waals surface area contributed by atoms with Gasteiger partial charge in [0.1, 0.15) is 0 Å². The molecule has 0 saturated heterocycles. The smallest absolute Gasteiger partial charge is 0.264 e. The maximum atomic E-state index is 13.4. The third-order valence-electron chi connectivity index (χ3n) is 4.59. The van der Waals surface area contributed by atoms with Gasteiger partial charge in [0.2, 0.25) is 10.0 Å². The molecule has 0 unspecified atom stereocenters. The molecule has 0 aliphatic rings. The van der Waals surface area contributed by atoms with Crippen molar-refractivity contribution < 1.29 is 16.8 Å². The third-order valence-corrected chi connectivity index (χ3v) is 7.24. The van der Waals surface area contributed by atoms with Crippen molar-refractivity contribution in [3.63, 3.8) is 0 Å². The average molecular weight is 493 g/mol. The highest BCUT2D eigenvalue weighted by molar-refractivity contribution is 7.93. The quantitative estimate of drug-likeness (QED) is 0.466. The molecule has 0 heterocycles. The summed E-state index contributed by atoms with van der Waals surface area (Å²) in [5.41, 5.74) is 2.63. The highest BCUT2D eigenvalue weighted by atomic mass is 35.5. The second-order valence-corrected chi connectivity index (χ2v) is 11.9. The number of nitrogens with one attached hydrogen (secondary N) is 1. The molecule has 0 atom stereocenters. The lowest BCUT2D eigenvalue weighted by atomic mass is 10.1. The van der Waals surface area contributed by atoms with Crippen molar-refractivity contribution in [1.29, 1.82) is 0 Å². The maximum absolute atomic E-state index is 13.4. The van der Waals surface area contributed by atoms with E-state index in [9.17, 15) is 16.8 Å². The Morgan fingerprint density at radius 3 is 1.94 bits per heavy atom. The van der Waals surface area contributed by atoms with Gasteiger partial charge in [0, 0.05) is 17.3 Å². The van der Waals surface area contributed by atoms with Gasteiger partial charge in [0.25, 0.3) is 10.0 Å². The van der Waals surface area contributed by atoms with Gasteiger partial charge in [-0.05, 0) is 59.5 Å². The van der Waals surface area contributed by atoms with Crippen molar-refractivity contribution in [2.24, 2.45) is 5.92 Å². The van der Waals surface area contributed by atoms with Crippen LogP contribution in [0.3, 0.4) is 0 Å². The van der Waals surface area contributed by atoms with E-state index in [-0.39, 0.29) is 10.8 Å². The first kappa shape index (κ1) is 24.1. The van der Waals surface area contributed by atoms with E-state index in [0.717, 1.165) is 17.4 Å². The van der Waals surface area contributed by atoms with Crippen molar-refractivity contribution >= 4 is 43.0 Å². The van der Waals surface area contributed by atoms with E-state index in [2.05, 4.69) is 4.72 Å². The van der Waals surface area contributed by atoms with Crippen LogP contribution in [-0.2, 0) is 20.0 Å². The fourth-order valence-electron chi connectivity index (χ4n) is 3.20. The summed E-state index contributed by atoms with van der Waals surface area (Å²) in [6.45, 7) is 4.23. The molecule has 0 amide bonds. The molecule has 0 aliphatic heterocycles. The zero-order valence-corrected chi connectivity index (χ0v) is 20.4. The summed E-state index contributed by atoms with van der Waals surface area (Å²) in [5.74, 6) is 0.113. The lowest BCUT2D eigenvalue weighted by molar-refractivity contribution is 0.578. The number of nitrogens with zero attached hydrogens (tertiary/aromatic N) is 1. The summed E-state index contributed by atoms with van der Waals surface area (Å²) < 4.78 is 53.3. The Hall–Kier alpha value is -2.55. The number of benzene rings is 3. The van der Waals surface area contributed by atoms with E-state index in [1.165, 1.54) is 4.31 Å². The summed E-state index contributed by atoms with van der Waals surface area (Å²) in [7, 11) is -7.14. The Labute approximate surface area is 195 Å². The van der Waals surface area contributed by atoms with Gasteiger partial charge in [-0.3, -0.25) is 9.03 Å². The molecule has 170 valence electrons. The van der Waals surface area contributed by atoms with Crippen LogP contribution in [0, 0.1) is 5.92 Å². The second-order valence-electron chi connectivity index (χ2n) is 7.89. The van der Waals surface area contributed by atoms with Gasteiger partial charge in [0.05, 0.1) is 16.8 Å². The van der Waals surface area contributed by atoms with Crippen molar-refractivity contribution in [3.8, 4) is 11.1 Å². The molecule has 0 saturated carbocycles. The molecule has 0 fully saturated rings. The van der Waals surface area contributed by atoms with Gasteiger partial charge >= 0.3 is 0 Å². The Bertz CT molecular complexity index is 1290. The van der Waals surface area contributed by atoms with Gasteiger partial charge in [-0.2, -0.15) is 0 Å². The summed E-state index contributed by atoms with van der Waals surface area (Å²) in [6, 6.07) is 20.3. The summed E-state index contributed by atoms with van der Waals surface area (Å²) >= 11 is 6.10. The number of anilines is 2. The number of sulfonamides is 2. The zero-order valence-electron chi connectivity index (χ0n) is 18.0. The van der Waals surface area contributed by atoms with E-state index >= 15 is 0 Å². The van der Waals surface area contributed by atoms with Crippen LogP contribution in [0.5, 0.6) is 0 Å². The van der Waals surface area contributed by atoms with Crippen LogP contribution in [-0.4, -0.2) is 29.6 Å². The second kappa shape index (κ2) is 9.52. The Morgan fingerprint density at radius 1 is 0.875 bits per heavy atom. The predicted molar refractivity (Wildman–Crippen MR) is 131 cm³/mol. The molecular formula is C23H25ClN2O4S2.